The highest BCUT2D eigenvalue weighted by molar-refractivity contribution is 6.18. The third kappa shape index (κ3) is 9.95. The maximum absolute atomic E-state index is 6.60. The smallest absolute Gasteiger partial charge is 0.231 e. The zero-order valence-corrected chi connectivity index (χ0v) is 56.3. The highest BCUT2D eigenvalue weighted by Crippen LogP contribution is 2.45. The first-order valence-electron chi connectivity index (χ1n) is 35.0. The lowest BCUT2D eigenvalue weighted by Crippen LogP contribution is -2.01. The molecule has 0 bridgehead atoms. The summed E-state index contributed by atoms with van der Waals surface area (Å²) in [6, 6.07) is 111. The van der Waals surface area contributed by atoms with Gasteiger partial charge in [0.05, 0.1) is 33.2 Å². The van der Waals surface area contributed by atoms with Crippen molar-refractivity contribution in [1.82, 2.24) is 49.0 Å². The molecule has 0 aliphatic heterocycles. The SMILES string of the molecule is c1ccc(-c2nc(-c3ccc4c5ccccc5n(-c5ccccc5)c4c3)nc(-c3cccc4oc5c(-c6nc7ccccc7o6)cccc5c34)n2)cc1.c1ccc(-c2nc(-c3cccc4oc5c(-c6nc7ccccc7o6)cccc5c34)nc(-c3cccc4c3c3ccccc3n4-c3ccccc3)n2)cc1. The minimum absolute atomic E-state index is 0.508. The van der Waals surface area contributed by atoms with Gasteiger partial charge in [0.25, 0.3) is 0 Å². The molecule has 0 aliphatic carbocycles. The molecule has 14 nitrogen and oxygen atoms in total. The van der Waals surface area contributed by atoms with Crippen LogP contribution >= 0.6 is 0 Å². The van der Waals surface area contributed by atoms with Crippen LogP contribution in [0.15, 0.2) is 345 Å². The molecular weight excluding hydrogens is 1310 g/mol. The van der Waals surface area contributed by atoms with Crippen LogP contribution in [-0.2, 0) is 0 Å². The minimum Gasteiger partial charge on any atom is -0.455 e. The van der Waals surface area contributed by atoms with Gasteiger partial charge in [-0.15, -0.1) is 0 Å². The Morgan fingerprint density at radius 3 is 1.09 bits per heavy atom. The predicted octanol–water partition coefficient (Wildman–Crippen LogP) is 23.4. The van der Waals surface area contributed by atoms with E-state index in [9.17, 15) is 0 Å². The first-order valence-corrected chi connectivity index (χ1v) is 35.0. The summed E-state index contributed by atoms with van der Waals surface area (Å²) in [5.74, 6) is 4.47. The van der Waals surface area contributed by atoms with Crippen LogP contribution in [0.1, 0.15) is 0 Å². The maximum atomic E-state index is 6.60. The van der Waals surface area contributed by atoms with Gasteiger partial charge in [-0.1, -0.05) is 231 Å². The number of oxazole rings is 2. The Labute approximate surface area is 603 Å². The second kappa shape index (κ2) is 24.5. The van der Waals surface area contributed by atoms with Gasteiger partial charge in [-0.05, 0) is 97.1 Å². The Bertz CT molecular complexity index is 7110. The first-order chi connectivity index (χ1) is 52.5. The zero-order valence-electron chi connectivity index (χ0n) is 56.3. The van der Waals surface area contributed by atoms with Crippen LogP contribution in [0.3, 0.4) is 0 Å². The van der Waals surface area contributed by atoms with E-state index in [0.29, 0.717) is 57.9 Å². The van der Waals surface area contributed by atoms with Crippen molar-refractivity contribution in [1.29, 1.82) is 0 Å². The molecule has 0 fully saturated rings. The van der Waals surface area contributed by atoms with Crippen LogP contribution in [0.25, 0.3) is 212 Å². The summed E-state index contributed by atoms with van der Waals surface area (Å²) in [5.41, 5.74) is 19.3. The average Bonchev–Trinajstić information content (AvgIpc) is 1.57. The van der Waals surface area contributed by atoms with Crippen LogP contribution in [0.2, 0.25) is 0 Å². The third-order valence-corrected chi connectivity index (χ3v) is 19.8. The predicted molar refractivity (Wildman–Crippen MR) is 422 cm³/mol. The van der Waals surface area contributed by atoms with Gasteiger partial charge in [0.2, 0.25) is 11.8 Å². The van der Waals surface area contributed by atoms with E-state index in [2.05, 4.69) is 161 Å². The summed E-state index contributed by atoms with van der Waals surface area (Å²) in [5, 5.41) is 8.23. The fourth-order valence-corrected chi connectivity index (χ4v) is 15.1. The number of furan rings is 2. The molecule has 106 heavy (non-hydrogen) atoms. The van der Waals surface area contributed by atoms with Gasteiger partial charge in [-0.25, -0.2) is 39.9 Å². The number of para-hydroxylation sites is 10. The van der Waals surface area contributed by atoms with Crippen molar-refractivity contribution < 1.29 is 17.7 Å². The molecule has 0 amide bonds. The molecule has 8 aromatic heterocycles. The summed E-state index contributed by atoms with van der Waals surface area (Å²) < 4.78 is 30.2. The van der Waals surface area contributed by atoms with Gasteiger partial charge >= 0.3 is 0 Å². The summed E-state index contributed by atoms with van der Waals surface area (Å²) in [4.78, 5) is 40.5. The van der Waals surface area contributed by atoms with Crippen LogP contribution in [0.4, 0.5) is 0 Å². The van der Waals surface area contributed by atoms with Gasteiger partial charge in [0, 0.05) is 87.8 Å². The number of benzene rings is 14. The van der Waals surface area contributed by atoms with Crippen LogP contribution in [0.5, 0.6) is 0 Å². The fourth-order valence-electron chi connectivity index (χ4n) is 15.1. The molecule has 496 valence electrons. The number of hydrogen-bond acceptors (Lipinski definition) is 12. The Morgan fingerprint density at radius 1 is 0.208 bits per heavy atom. The molecule has 22 aromatic rings. The van der Waals surface area contributed by atoms with Crippen molar-refractivity contribution in [3.05, 3.63) is 328 Å². The van der Waals surface area contributed by atoms with Gasteiger partial charge in [-0.2, -0.15) is 0 Å². The summed E-state index contributed by atoms with van der Waals surface area (Å²) in [6.45, 7) is 0. The Hall–Kier alpha value is -14.8. The number of nitrogens with zero attached hydrogens (tertiary/aromatic N) is 10. The lowest BCUT2D eigenvalue weighted by atomic mass is 10.0. The number of aromatic nitrogens is 10. The van der Waals surface area contributed by atoms with Crippen molar-refractivity contribution in [2.45, 2.75) is 0 Å². The molecule has 14 heteroatoms. The third-order valence-electron chi connectivity index (χ3n) is 19.8. The van der Waals surface area contributed by atoms with E-state index >= 15 is 0 Å². The lowest BCUT2D eigenvalue weighted by Gasteiger charge is -2.11. The second-order valence-electron chi connectivity index (χ2n) is 26.1. The van der Waals surface area contributed by atoms with E-state index in [-0.39, 0.29) is 0 Å². The molecule has 14 aromatic carbocycles. The Kier molecular flexibility index (Phi) is 13.9. The van der Waals surface area contributed by atoms with Crippen LogP contribution in [-0.4, -0.2) is 49.0 Å². The van der Waals surface area contributed by atoms with Gasteiger partial charge in [0.1, 0.15) is 33.4 Å². The minimum atomic E-state index is 0.508. The average molecular weight is 1360 g/mol. The van der Waals surface area contributed by atoms with E-state index in [0.717, 1.165) is 149 Å². The molecule has 0 saturated carbocycles. The second-order valence-corrected chi connectivity index (χ2v) is 26.1. The van der Waals surface area contributed by atoms with Gasteiger partial charge < -0.3 is 26.8 Å². The van der Waals surface area contributed by atoms with Crippen LogP contribution in [0, 0.1) is 0 Å². The zero-order chi connectivity index (χ0) is 69.8. The topological polar surface area (TPSA) is 166 Å². The summed E-state index contributed by atoms with van der Waals surface area (Å²) >= 11 is 0. The molecular formula is C92H54N10O4. The standard InChI is InChI=1S/2C46H27N5O2/c1-3-14-28(15-4-1)43-48-44(32-20-12-25-37-40(32)30-18-7-9-24-36(30)51(37)29-16-5-2-6-17-29)50-45(49-43)33-21-13-27-39-41(33)31-19-11-22-34(42(31)52-39)46-47-35-23-8-10-26-38(35)53-46;1-3-13-28(14-4-1)43-48-44(29-25-26-32-31-17-7-9-22-37(31)51(38(32)27-29)30-15-5-2-6-16-30)50-45(49-43)34-19-12-24-40-41(34)33-18-11-20-35(42(33)52-40)46-47-36-21-8-10-23-39(36)53-46/h2*1-27H. The molecule has 0 radical (unpaired) electrons. The molecule has 0 unspecified atom stereocenters. The number of fused-ring (bicyclic) bond motifs is 14. The normalized spacial score (nSPS) is 11.8. The molecule has 0 spiro atoms. The van der Waals surface area contributed by atoms with E-state index in [1.54, 1.807) is 0 Å². The Balaban J connectivity index is 0.000000136. The monoisotopic (exact) mass is 1360 g/mol. The van der Waals surface area contributed by atoms with Crippen molar-refractivity contribution in [3.63, 3.8) is 0 Å². The highest BCUT2D eigenvalue weighted by Gasteiger charge is 2.26. The number of rotatable bonds is 10. The summed E-state index contributed by atoms with van der Waals surface area (Å²) in [7, 11) is 0. The van der Waals surface area contributed by atoms with Crippen molar-refractivity contribution in [3.8, 4) is 103 Å². The van der Waals surface area contributed by atoms with E-state index in [1.807, 2.05) is 176 Å². The fraction of sp³-hybridized carbons (Fsp3) is 0. The molecule has 8 heterocycles. The Morgan fingerprint density at radius 2 is 0.566 bits per heavy atom. The van der Waals surface area contributed by atoms with Crippen molar-refractivity contribution >= 4 is 110 Å². The van der Waals surface area contributed by atoms with Gasteiger partial charge in [-0.3, -0.25) is 0 Å². The largest absolute Gasteiger partial charge is 0.455 e. The number of hydrogen-bond donors (Lipinski definition) is 0. The lowest BCUT2D eigenvalue weighted by molar-refractivity contribution is 0.614. The molecule has 0 aliphatic rings. The quantitative estimate of drug-likeness (QED) is 0.127. The van der Waals surface area contributed by atoms with E-state index in [1.165, 1.54) is 5.39 Å². The van der Waals surface area contributed by atoms with Crippen LogP contribution < -0.4 is 0 Å². The van der Waals surface area contributed by atoms with Crippen molar-refractivity contribution in [2.75, 3.05) is 0 Å². The maximum Gasteiger partial charge on any atom is 0.231 e. The first kappa shape index (κ1) is 60.0. The molecule has 0 saturated heterocycles. The molecule has 0 N–H and O–H groups in total. The molecule has 0 atom stereocenters. The molecule has 22 rings (SSSR count). The van der Waals surface area contributed by atoms with E-state index < -0.39 is 0 Å². The highest BCUT2D eigenvalue weighted by atomic mass is 16.4. The van der Waals surface area contributed by atoms with Gasteiger partial charge in [0.15, 0.2) is 46.1 Å². The summed E-state index contributed by atoms with van der Waals surface area (Å²) in [6.07, 6.45) is 0. The van der Waals surface area contributed by atoms with Crippen molar-refractivity contribution in [2.24, 2.45) is 0 Å². The van der Waals surface area contributed by atoms with E-state index in [4.69, 9.17) is 57.5 Å².